The number of nitriles is 1. The van der Waals surface area contributed by atoms with Crippen LogP contribution in [-0.4, -0.2) is 19.7 Å². The van der Waals surface area contributed by atoms with Crippen LogP contribution in [0, 0.1) is 18.3 Å². The largest absolute Gasteiger partial charge is 0.416 e. The Kier molecular flexibility index (Phi) is 4.54. The van der Waals surface area contributed by atoms with Crippen molar-refractivity contribution < 1.29 is 13.2 Å². The van der Waals surface area contributed by atoms with E-state index in [1.807, 2.05) is 6.07 Å². The Balaban J connectivity index is 1.97. The summed E-state index contributed by atoms with van der Waals surface area (Å²) in [6.45, 7) is 1.57. The van der Waals surface area contributed by atoms with Crippen LogP contribution in [0.25, 0.3) is 23.2 Å². The van der Waals surface area contributed by atoms with Crippen molar-refractivity contribution in [1.82, 2.24) is 19.7 Å². The summed E-state index contributed by atoms with van der Waals surface area (Å²) in [5, 5.41) is 13.4. The van der Waals surface area contributed by atoms with Gasteiger partial charge in [-0.15, -0.1) is 5.10 Å². The van der Waals surface area contributed by atoms with Gasteiger partial charge in [0.25, 0.3) is 0 Å². The van der Waals surface area contributed by atoms with Gasteiger partial charge >= 0.3 is 6.18 Å². The molecule has 0 amide bonds. The van der Waals surface area contributed by atoms with Crippen LogP contribution in [0.15, 0.2) is 48.9 Å². The second kappa shape index (κ2) is 6.80. The number of aryl methyl sites for hydroxylation is 1. The molecule has 0 saturated carbocycles. The highest BCUT2D eigenvalue weighted by atomic mass is 19.4. The monoisotopic (exact) mass is 355 g/mol. The molecule has 130 valence electrons. The van der Waals surface area contributed by atoms with Crippen LogP contribution in [0.3, 0.4) is 0 Å². The predicted octanol–water partition coefficient (Wildman–Crippen LogP) is 4.19. The van der Waals surface area contributed by atoms with Gasteiger partial charge in [-0.2, -0.15) is 18.4 Å². The van der Waals surface area contributed by atoms with Gasteiger partial charge in [-0.05, 0) is 42.8 Å². The van der Waals surface area contributed by atoms with Gasteiger partial charge in [-0.25, -0.2) is 9.67 Å². The van der Waals surface area contributed by atoms with Gasteiger partial charge in [0.15, 0.2) is 5.82 Å². The van der Waals surface area contributed by atoms with Gasteiger partial charge in [-0.3, -0.25) is 4.98 Å². The molecule has 0 aliphatic heterocycles. The summed E-state index contributed by atoms with van der Waals surface area (Å²) >= 11 is 0. The number of benzene rings is 1. The zero-order valence-electron chi connectivity index (χ0n) is 13.6. The van der Waals surface area contributed by atoms with Crippen LogP contribution in [0.2, 0.25) is 0 Å². The van der Waals surface area contributed by atoms with E-state index in [1.54, 1.807) is 37.4 Å². The maximum absolute atomic E-state index is 13.0. The molecule has 26 heavy (non-hydrogen) atoms. The number of nitrogens with zero attached hydrogens (tertiary/aromatic N) is 5. The molecule has 3 rings (SSSR count). The van der Waals surface area contributed by atoms with Crippen molar-refractivity contribution in [2.75, 3.05) is 0 Å². The first kappa shape index (κ1) is 17.4. The number of allylic oxidation sites excluding steroid dienone is 1. The Hall–Kier alpha value is -3.47. The normalized spacial score (nSPS) is 12.0. The molecule has 0 spiro atoms. The Bertz CT molecular complexity index is 998. The lowest BCUT2D eigenvalue weighted by Crippen LogP contribution is -2.05. The zero-order chi connectivity index (χ0) is 18.7. The summed E-state index contributed by atoms with van der Waals surface area (Å²) in [5.74, 6) is 0.133. The van der Waals surface area contributed by atoms with Crippen LogP contribution < -0.4 is 0 Å². The van der Waals surface area contributed by atoms with E-state index in [2.05, 4.69) is 15.1 Å². The highest BCUT2D eigenvalue weighted by Gasteiger charge is 2.31. The van der Waals surface area contributed by atoms with Crippen LogP contribution in [0.4, 0.5) is 13.2 Å². The average molecular weight is 355 g/mol. The summed E-state index contributed by atoms with van der Waals surface area (Å²) in [7, 11) is 0. The molecule has 0 aliphatic rings. The van der Waals surface area contributed by atoms with E-state index in [-0.39, 0.29) is 17.0 Å². The summed E-state index contributed by atoms with van der Waals surface area (Å²) in [4.78, 5) is 8.13. The zero-order valence-corrected chi connectivity index (χ0v) is 13.6. The van der Waals surface area contributed by atoms with Gasteiger partial charge in [0, 0.05) is 11.8 Å². The lowest BCUT2D eigenvalue weighted by Gasteiger charge is -2.09. The lowest BCUT2D eigenvalue weighted by atomic mass is 10.1. The molecule has 0 unspecified atom stereocenters. The number of aromatic nitrogens is 4. The predicted molar refractivity (Wildman–Crippen MR) is 89.2 cm³/mol. The van der Waals surface area contributed by atoms with E-state index in [1.165, 1.54) is 17.2 Å². The standard InChI is InChI=1S/C18H12F3N5/c1-12-6-13(8-15(7-12)18(19,20)21)17-24-11-26(25-17)10-14(9-22)16-4-2-3-5-23-16/h2-8,10-11H,1H3/b14-10-. The lowest BCUT2D eigenvalue weighted by molar-refractivity contribution is -0.137. The molecule has 0 bridgehead atoms. The van der Waals surface area contributed by atoms with E-state index in [0.29, 0.717) is 11.3 Å². The minimum absolute atomic E-state index is 0.133. The maximum atomic E-state index is 13.0. The molecule has 0 aliphatic carbocycles. The molecule has 0 N–H and O–H groups in total. The molecule has 0 saturated heterocycles. The Labute approximate surface area is 147 Å². The van der Waals surface area contributed by atoms with Crippen molar-refractivity contribution in [2.45, 2.75) is 13.1 Å². The molecule has 0 radical (unpaired) electrons. The number of pyridine rings is 1. The van der Waals surface area contributed by atoms with Crippen LogP contribution in [-0.2, 0) is 6.18 Å². The van der Waals surface area contributed by atoms with Gasteiger partial charge in [0.05, 0.1) is 23.0 Å². The van der Waals surface area contributed by atoms with Crippen molar-refractivity contribution in [3.8, 4) is 17.5 Å². The van der Waals surface area contributed by atoms with Crippen LogP contribution >= 0.6 is 0 Å². The van der Waals surface area contributed by atoms with E-state index in [0.717, 1.165) is 12.1 Å². The smallest absolute Gasteiger partial charge is 0.255 e. The molecule has 2 heterocycles. The summed E-state index contributed by atoms with van der Waals surface area (Å²) in [6.07, 6.45) is -0.153. The van der Waals surface area contributed by atoms with E-state index < -0.39 is 11.7 Å². The molecule has 2 aromatic heterocycles. The van der Waals surface area contributed by atoms with Crippen molar-refractivity contribution in [3.05, 3.63) is 65.7 Å². The maximum Gasteiger partial charge on any atom is 0.416 e. The van der Waals surface area contributed by atoms with E-state index in [9.17, 15) is 18.4 Å². The van der Waals surface area contributed by atoms with Crippen LogP contribution in [0.5, 0.6) is 0 Å². The van der Waals surface area contributed by atoms with E-state index >= 15 is 0 Å². The third kappa shape index (κ3) is 3.78. The molecule has 5 nitrogen and oxygen atoms in total. The first-order chi connectivity index (χ1) is 12.4. The molecule has 3 aromatic rings. The summed E-state index contributed by atoms with van der Waals surface area (Å²) in [5.41, 5.74) is 0.656. The fraction of sp³-hybridized carbons (Fsp3) is 0.111. The topological polar surface area (TPSA) is 67.4 Å². The first-order valence-corrected chi connectivity index (χ1v) is 7.50. The van der Waals surface area contributed by atoms with Gasteiger partial charge in [0.1, 0.15) is 12.4 Å². The van der Waals surface area contributed by atoms with Crippen molar-refractivity contribution in [1.29, 1.82) is 5.26 Å². The fourth-order valence-corrected chi connectivity index (χ4v) is 2.35. The second-order valence-electron chi connectivity index (χ2n) is 5.50. The van der Waals surface area contributed by atoms with Crippen molar-refractivity contribution >= 4 is 11.8 Å². The molecular formula is C18H12F3N5. The minimum Gasteiger partial charge on any atom is -0.255 e. The Morgan fingerprint density at radius 1 is 1.19 bits per heavy atom. The summed E-state index contributed by atoms with van der Waals surface area (Å²) in [6, 6.07) is 10.8. The quantitative estimate of drug-likeness (QED) is 0.661. The summed E-state index contributed by atoms with van der Waals surface area (Å²) < 4.78 is 40.2. The Morgan fingerprint density at radius 3 is 2.65 bits per heavy atom. The van der Waals surface area contributed by atoms with Gasteiger partial charge in [-0.1, -0.05) is 6.07 Å². The average Bonchev–Trinajstić information content (AvgIpc) is 3.08. The molecule has 8 heteroatoms. The van der Waals surface area contributed by atoms with Gasteiger partial charge < -0.3 is 0 Å². The number of hydrogen-bond donors (Lipinski definition) is 0. The van der Waals surface area contributed by atoms with Crippen LogP contribution in [0.1, 0.15) is 16.8 Å². The van der Waals surface area contributed by atoms with Gasteiger partial charge in [0.2, 0.25) is 0 Å². The SMILES string of the molecule is Cc1cc(-c2ncn(/C=C(/C#N)c3ccccn3)n2)cc(C(F)(F)F)c1. The molecule has 0 fully saturated rings. The highest BCUT2D eigenvalue weighted by Crippen LogP contribution is 2.32. The minimum atomic E-state index is -4.45. The van der Waals surface area contributed by atoms with Crippen molar-refractivity contribution in [3.63, 3.8) is 0 Å². The van der Waals surface area contributed by atoms with E-state index in [4.69, 9.17) is 0 Å². The number of hydrogen-bond acceptors (Lipinski definition) is 4. The number of halogens is 3. The highest BCUT2D eigenvalue weighted by molar-refractivity contribution is 5.83. The number of alkyl halides is 3. The molecular weight excluding hydrogens is 343 g/mol. The third-order valence-corrected chi connectivity index (χ3v) is 3.49. The Morgan fingerprint density at radius 2 is 2.00 bits per heavy atom. The number of rotatable bonds is 3. The third-order valence-electron chi connectivity index (χ3n) is 3.49. The molecule has 0 atom stereocenters. The first-order valence-electron chi connectivity index (χ1n) is 7.50. The molecule has 1 aromatic carbocycles. The van der Waals surface area contributed by atoms with Crippen molar-refractivity contribution in [2.24, 2.45) is 0 Å². The fourth-order valence-electron chi connectivity index (χ4n) is 2.35. The second-order valence-corrected chi connectivity index (χ2v) is 5.50.